The van der Waals surface area contributed by atoms with E-state index in [9.17, 15) is 4.79 Å². The molecule has 0 spiro atoms. The quantitative estimate of drug-likeness (QED) is 0.487. The smallest absolute Gasteiger partial charge is 0.134 e. The number of hydrogen-bond acceptors (Lipinski definition) is 3. The minimum absolute atomic E-state index is 0.433. The molecule has 1 saturated heterocycles. The second-order valence-corrected chi connectivity index (χ2v) is 4.38. The van der Waals surface area contributed by atoms with Crippen LogP contribution in [0.25, 0.3) is 0 Å². The highest BCUT2D eigenvalue weighted by molar-refractivity contribution is 8.76. The van der Waals surface area contributed by atoms with Crippen LogP contribution in [0.15, 0.2) is 0 Å². The molecule has 0 radical (unpaired) electrons. The van der Waals surface area contributed by atoms with Gasteiger partial charge in [-0.3, -0.25) is 4.79 Å². The van der Waals surface area contributed by atoms with E-state index < -0.39 is 0 Å². The van der Waals surface area contributed by atoms with E-state index in [2.05, 4.69) is 0 Å². The van der Waals surface area contributed by atoms with Gasteiger partial charge in [-0.15, -0.1) is 0 Å². The van der Waals surface area contributed by atoms with Crippen LogP contribution in [0.4, 0.5) is 0 Å². The van der Waals surface area contributed by atoms with E-state index in [1.807, 2.05) is 21.6 Å². The first kappa shape index (κ1) is 6.49. The van der Waals surface area contributed by atoms with Gasteiger partial charge in [-0.2, -0.15) is 0 Å². The van der Waals surface area contributed by atoms with Crippen LogP contribution in [0.3, 0.4) is 0 Å². The fraction of sp³-hybridized carbons (Fsp3) is 0.800. The van der Waals surface area contributed by atoms with Crippen molar-refractivity contribution in [3.63, 3.8) is 0 Å². The number of Topliss-reactive ketones (excluding diaryl/α,β-unsaturated/α-hetero) is 1. The average molecular weight is 148 g/mol. The molecule has 0 aromatic heterocycles. The first-order chi connectivity index (χ1) is 3.89. The standard InChI is InChI=1S/C5H8OS2/c6-5-1-3-7-8-4-2-5/h1-4H2. The minimum atomic E-state index is 0.433. The minimum Gasteiger partial charge on any atom is -0.300 e. The Morgan fingerprint density at radius 3 is 2.12 bits per heavy atom. The van der Waals surface area contributed by atoms with Gasteiger partial charge in [0.2, 0.25) is 0 Å². The number of rotatable bonds is 0. The lowest BCUT2D eigenvalue weighted by atomic mass is 10.2. The monoisotopic (exact) mass is 148 g/mol. The fourth-order valence-electron chi connectivity index (χ4n) is 0.554. The molecule has 0 amide bonds. The van der Waals surface area contributed by atoms with E-state index in [1.165, 1.54) is 0 Å². The van der Waals surface area contributed by atoms with Crippen molar-refractivity contribution in [1.82, 2.24) is 0 Å². The number of carbonyl (C=O) groups is 1. The van der Waals surface area contributed by atoms with Crippen LogP contribution in [0.2, 0.25) is 0 Å². The molecule has 8 heavy (non-hydrogen) atoms. The maximum absolute atomic E-state index is 10.7. The summed E-state index contributed by atoms with van der Waals surface area (Å²) in [4.78, 5) is 10.7. The molecule has 1 heterocycles. The summed E-state index contributed by atoms with van der Waals surface area (Å²) < 4.78 is 0. The zero-order valence-electron chi connectivity index (χ0n) is 4.55. The van der Waals surface area contributed by atoms with Crippen molar-refractivity contribution >= 4 is 27.4 Å². The summed E-state index contributed by atoms with van der Waals surface area (Å²) in [7, 11) is 3.63. The van der Waals surface area contributed by atoms with Gasteiger partial charge in [0.05, 0.1) is 0 Å². The van der Waals surface area contributed by atoms with Crippen molar-refractivity contribution in [2.75, 3.05) is 11.5 Å². The Labute approximate surface area is 57.0 Å². The van der Waals surface area contributed by atoms with Gasteiger partial charge < -0.3 is 0 Å². The van der Waals surface area contributed by atoms with Crippen LogP contribution >= 0.6 is 21.6 Å². The van der Waals surface area contributed by atoms with E-state index >= 15 is 0 Å². The summed E-state index contributed by atoms with van der Waals surface area (Å²) in [6.45, 7) is 0. The molecular weight excluding hydrogens is 140 g/mol. The Morgan fingerprint density at radius 1 is 1.12 bits per heavy atom. The molecule has 0 aromatic carbocycles. The molecule has 0 bridgehead atoms. The number of carbonyl (C=O) groups excluding carboxylic acids is 1. The second kappa shape index (κ2) is 3.41. The highest BCUT2D eigenvalue weighted by Gasteiger charge is 2.05. The van der Waals surface area contributed by atoms with Gasteiger partial charge in [-0.25, -0.2) is 0 Å². The number of ketones is 1. The summed E-state index contributed by atoms with van der Waals surface area (Å²) in [5.74, 6) is 2.47. The third-order valence-corrected chi connectivity index (χ3v) is 3.42. The van der Waals surface area contributed by atoms with Gasteiger partial charge in [-0.1, -0.05) is 21.6 Å². The molecule has 3 heteroatoms. The van der Waals surface area contributed by atoms with Crippen molar-refractivity contribution in [3.05, 3.63) is 0 Å². The molecule has 1 aliphatic heterocycles. The third-order valence-electron chi connectivity index (χ3n) is 1.01. The topological polar surface area (TPSA) is 17.1 Å². The fourth-order valence-corrected chi connectivity index (χ4v) is 2.62. The molecule has 0 unspecified atom stereocenters. The Balaban J connectivity index is 2.27. The first-order valence-electron chi connectivity index (χ1n) is 2.66. The molecule has 1 rings (SSSR count). The zero-order chi connectivity index (χ0) is 5.82. The largest absolute Gasteiger partial charge is 0.300 e. The molecule has 0 aromatic rings. The lowest BCUT2D eigenvalue weighted by molar-refractivity contribution is -0.118. The summed E-state index contributed by atoms with van der Waals surface area (Å²) in [6.07, 6.45) is 1.58. The van der Waals surface area contributed by atoms with Crippen molar-refractivity contribution < 1.29 is 4.79 Å². The van der Waals surface area contributed by atoms with Gasteiger partial charge in [-0.05, 0) is 0 Å². The summed E-state index contributed by atoms with van der Waals surface area (Å²) in [5.41, 5.74) is 0. The molecule has 1 aliphatic rings. The van der Waals surface area contributed by atoms with Crippen molar-refractivity contribution in [3.8, 4) is 0 Å². The van der Waals surface area contributed by atoms with Crippen LogP contribution in [-0.4, -0.2) is 17.3 Å². The average Bonchev–Trinajstić information content (AvgIpc) is 1.94. The Kier molecular flexibility index (Phi) is 2.76. The van der Waals surface area contributed by atoms with E-state index in [-0.39, 0.29) is 0 Å². The predicted octanol–water partition coefficient (Wildman–Crippen LogP) is 1.73. The molecule has 1 nitrogen and oxygen atoms in total. The molecule has 0 N–H and O–H groups in total. The lowest BCUT2D eigenvalue weighted by Gasteiger charge is -1.85. The van der Waals surface area contributed by atoms with Crippen LogP contribution in [0.1, 0.15) is 12.8 Å². The molecule has 0 atom stereocenters. The normalized spacial score (nSPS) is 22.8. The molecule has 0 saturated carbocycles. The van der Waals surface area contributed by atoms with Gasteiger partial charge in [0.15, 0.2) is 0 Å². The Hall–Kier alpha value is 0.370. The second-order valence-electron chi connectivity index (χ2n) is 1.68. The van der Waals surface area contributed by atoms with Gasteiger partial charge in [0.25, 0.3) is 0 Å². The van der Waals surface area contributed by atoms with Crippen LogP contribution in [0.5, 0.6) is 0 Å². The van der Waals surface area contributed by atoms with Crippen LogP contribution < -0.4 is 0 Å². The van der Waals surface area contributed by atoms with Gasteiger partial charge in [0, 0.05) is 24.3 Å². The Bertz CT molecular complexity index is 82.4. The van der Waals surface area contributed by atoms with E-state index in [4.69, 9.17) is 0 Å². The summed E-state index contributed by atoms with van der Waals surface area (Å²) >= 11 is 0. The van der Waals surface area contributed by atoms with E-state index in [0.717, 1.165) is 24.3 Å². The maximum Gasteiger partial charge on any atom is 0.134 e. The molecular formula is C5H8OS2. The predicted molar refractivity (Wildman–Crippen MR) is 39.2 cm³/mol. The SMILES string of the molecule is O=C1CCSSCC1. The van der Waals surface area contributed by atoms with E-state index in [1.54, 1.807) is 0 Å². The van der Waals surface area contributed by atoms with Crippen molar-refractivity contribution in [2.24, 2.45) is 0 Å². The maximum atomic E-state index is 10.7. The summed E-state index contributed by atoms with van der Waals surface area (Å²) in [5, 5.41) is 0. The third kappa shape index (κ3) is 2.09. The molecule has 0 aliphatic carbocycles. The molecule has 1 fully saturated rings. The van der Waals surface area contributed by atoms with Crippen molar-refractivity contribution in [1.29, 1.82) is 0 Å². The lowest BCUT2D eigenvalue weighted by Crippen LogP contribution is -1.96. The summed E-state index contributed by atoms with van der Waals surface area (Å²) in [6, 6.07) is 0. The first-order valence-corrected chi connectivity index (χ1v) is 5.14. The highest BCUT2D eigenvalue weighted by Crippen LogP contribution is 2.26. The van der Waals surface area contributed by atoms with Crippen molar-refractivity contribution in [2.45, 2.75) is 12.8 Å². The van der Waals surface area contributed by atoms with Gasteiger partial charge >= 0.3 is 0 Å². The highest BCUT2D eigenvalue weighted by atomic mass is 33.1. The number of hydrogen-bond donors (Lipinski definition) is 0. The zero-order valence-corrected chi connectivity index (χ0v) is 6.19. The van der Waals surface area contributed by atoms with E-state index in [0.29, 0.717) is 5.78 Å². The van der Waals surface area contributed by atoms with Gasteiger partial charge in [0.1, 0.15) is 5.78 Å². The van der Waals surface area contributed by atoms with Crippen LogP contribution in [-0.2, 0) is 4.79 Å². The Morgan fingerprint density at radius 2 is 1.62 bits per heavy atom. The molecule has 46 valence electrons. The van der Waals surface area contributed by atoms with Crippen LogP contribution in [0, 0.1) is 0 Å².